The SMILES string of the molecule is CCSc1ncc(CNCCCOC(C)C)cn1. The highest BCUT2D eigenvalue weighted by Gasteiger charge is 1.98. The smallest absolute Gasteiger partial charge is 0.187 e. The molecule has 0 amide bonds. The molecule has 5 heteroatoms. The van der Waals surface area contributed by atoms with Crippen molar-refractivity contribution in [2.75, 3.05) is 18.9 Å². The minimum absolute atomic E-state index is 0.321. The van der Waals surface area contributed by atoms with Crippen molar-refractivity contribution >= 4 is 11.8 Å². The van der Waals surface area contributed by atoms with E-state index in [0.29, 0.717) is 6.10 Å². The molecule has 18 heavy (non-hydrogen) atoms. The van der Waals surface area contributed by atoms with E-state index in [-0.39, 0.29) is 0 Å². The zero-order chi connectivity index (χ0) is 13.2. The fraction of sp³-hybridized carbons (Fsp3) is 0.692. The van der Waals surface area contributed by atoms with Gasteiger partial charge in [-0.15, -0.1) is 0 Å². The summed E-state index contributed by atoms with van der Waals surface area (Å²) in [7, 11) is 0. The Morgan fingerprint density at radius 2 is 2.06 bits per heavy atom. The molecule has 4 nitrogen and oxygen atoms in total. The maximum atomic E-state index is 5.47. The van der Waals surface area contributed by atoms with Crippen molar-refractivity contribution in [1.82, 2.24) is 15.3 Å². The average Bonchev–Trinajstić information content (AvgIpc) is 2.35. The zero-order valence-electron chi connectivity index (χ0n) is 11.5. The molecule has 0 radical (unpaired) electrons. The van der Waals surface area contributed by atoms with Crippen LogP contribution in [0.4, 0.5) is 0 Å². The van der Waals surface area contributed by atoms with E-state index < -0.39 is 0 Å². The first kappa shape index (κ1) is 15.4. The first-order valence-electron chi connectivity index (χ1n) is 6.48. The van der Waals surface area contributed by atoms with Crippen LogP contribution in [0.2, 0.25) is 0 Å². The first-order valence-corrected chi connectivity index (χ1v) is 7.47. The van der Waals surface area contributed by atoms with Gasteiger partial charge in [-0.1, -0.05) is 18.7 Å². The van der Waals surface area contributed by atoms with Crippen molar-refractivity contribution in [3.63, 3.8) is 0 Å². The van der Waals surface area contributed by atoms with Gasteiger partial charge in [0.15, 0.2) is 5.16 Å². The van der Waals surface area contributed by atoms with Gasteiger partial charge in [0.1, 0.15) is 0 Å². The van der Waals surface area contributed by atoms with E-state index in [2.05, 4.69) is 36.1 Å². The number of rotatable bonds is 9. The second kappa shape index (κ2) is 9.30. The molecular weight excluding hydrogens is 246 g/mol. The number of hydrogen-bond donors (Lipinski definition) is 1. The number of aromatic nitrogens is 2. The molecule has 0 aliphatic heterocycles. The second-order valence-corrected chi connectivity index (χ2v) is 5.49. The highest BCUT2D eigenvalue weighted by molar-refractivity contribution is 7.99. The topological polar surface area (TPSA) is 47.0 Å². The summed E-state index contributed by atoms with van der Waals surface area (Å²) in [6.45, 7) is 8.80. The van der Waals surface area contributed by atoms with Crippen molar-refractivity contribution in [2.45, 2.75) is 45.0 Å². The molecule has 1 heterocycles. The van der Waals surface area contributed by atoms with Crippen LogP contribution in [0.3, 0.4) is 0 Å². The summed E-state index contributed by atoms with van der Waals surface area (Å²) in [5.74, 6) is 1.01. The molecule has 1 aromatic rings. The fourth-order valence-corrected chi connectivity index (χ4v) is 1.90. The predicted molar refractivity (Wildman–Crippen MR) is 75.8 cm³/mol. The third kappa shape index (κ3) is 6.93. The maximum absolute atomic E-state index is 5.47. The van der Waals surface area contributed by atoms with Crippen LogP contribution in [0.1, 0.15) is 32.8 Å². The second-order valence-electron chi connectivity index (χ2n) is 4.26. The standard InChI is InChI=1S/C13H23N3OS/c1-4-18-13-15-9-12(10-16-13)8-14-6-5-7-17-11(2)3/h9-11,14H,4-8H2,1-3H3. The van der Waals surface area contributed by atoms with Gasteiger partial charge in [-0.3, -0.25) is 0 Å². The van der Waals surface area contributed by atoms with Crippen LogP contribution in [0.25, 0.3) is 0 Å². The molecule has 0 fully saturated rings. The van der Waals surface area contributed by atoms with Crippen LogP contribution in [0.15, 0.2) is 17.6 Å². The number of nitrogens with one attached hydrogen (secondary N) is 1. The van der Waals surface area contributed by atoms with Gasteiger partial charge in [0.25, 0.3) is 0 Å². The van der Waals surface area contributed by atoms with Crippen molar-refractivity contribution in [1.29, 1.82) is 0 Å². The van der Waals surface area contributed by atoms with Crippen LogP contribution < -0.4 is 5.32 Å². The van der Waals surface area contributed by atoms with E-state index in [1.165, 1.54) is 0 Å². The van der Waals surface area contributed by atoms with Crippen molar-refractivity contribution in [2.24, 2.45) is 0 Å². The first-order chi connectivity index (χ1) is 8.72. The lowest BCUT2D eigenvalue weighted by atomic mass is 10.3. The Morgan fingerprint density at radius 3 is 2.67 bits per heavy atom. The Hall–Kier alpha value is -0.650. The summed E-state index contributed by atoms with van der Waals surface area (Å²) < 4.78 is 5.47. The summed E-state index contributed by atoms with van der Waals surface area (Å²) >= 11 is 1.66. The van der Waals surface area contributed by atoms with E-state index >= 15 is 0 Å². The minimum Gasteiger partial charge on any atom is -0.379 e. The normalized spacial score (nSPS) is 11.1. The summed E-state index contributed by atoms with van der Waals surface area (Å²) in [6, 6.07) is 0. The quantitative estimate of drug-likeness (QED) is 0.424. The summed E-state index contributed by atoms with van der Waals surface area (Å²) in [4.78, 5) is 8.59. The molecule has 0 saturated carbocycles. The van der Waals surface area contributed by atoms with Gasteiger partial charge in [0.2, 0.25) is 0 Å². The molecule has 1 N–H and O–H groups in total. The lowest BCUT2D eigenvalue weighted by molar-refractivity contribution is 0.0770. The van der Waals surface area contributed by atoms with Crippen LogP contribution in [0.5, 0.6) is 0 Å². The maximum Gasteiger partial charge on any atom is 0.187 e. The molecule has 1 rings (SSSR count). The summed E-state index contributed by atoms with van der Waals surface area (Å²) in [5, 5.41) is 4.21. The van der Waals surface area contributed by atoms with Crippen molar-refractivity contribution < 1.29 is 4.74 Å². The zero-order valence-corrected chi connectivity index (χ0v) is 12.3. The molecule has 102 valence electrons. The van der Waals surface area contributed by atoms with E-state index in [0.717, 1.165) is 42.6 Å². The van der Waals surface area contributed by atoms with Crippen LogP contribution in [-0.2, 0) is 11.3 Å². The number of nitrogens with zero attached hydrogens (tertiary/aromatic N) is 2. The molecule has 0 aromatic carbocycles. The number of hydrogen-bond acceptors (Lipinski definition) is 5. The fourth-order valence-electron chi connectivity index (χ4n) is 1.39. The van der Waals surface area contributed by atoms with Gasteiger partial charge in [0, 0.05) is 31.1 Å². The van der Waals surface area contributed by atoms with Crippen LogP contribution >= 0.6 is 11.8 Å². The third-order valence-electron chi connectivity index (χ3n) is 2.23. The van der Waals surface area contributed by atoms with E-state index in [9.17, 15) is 0 Å². The monoisotopic (exact) mass is 269 g/mol. The number of ether oxygens (including phenoxy) is 1. The summed E-state index contributed by atoms with van der Waals surface area (Å²) in [5.41, 5.74) is 1.13. The van der Waals surface area contributed by atoms with Gasteiger partial charge in [0.05, 0.1) is 6.10 Å². The Kier molecular flexibility index (Phi) is 7.96. The van der Waals surface area contributed by atoms with Gasteiger partial charge in [-0.05, 0) is 32.6 Å². The minimum atomic E-state index is 0.321. The Balaban J connectivity index is 2.11. The molecule has 0 aliphatic rings. The van der Waals surface area contributed by atoms with E-state index in [1.807, 2.05) is 12.4 Å². The molecule has 1 aromatic heterocycles. The van der Waals surface area contributed by atoms with Crippen LogP contribution in [0, 0.1) is 0 Å². The molecule has 0 atom stereocenters. The molecule has 0 unspecified atom stereocenters. The Morgan fingerprint density at radius 1 is 1.33 bits per heavy atom. The molecule has 0 saturated heterocycles. The van der Waals surface area contributed by atoms with E-state index in [4.69, 9.17) is 4.74 Å². The highest BCUT2D eigenvalue weighted by atomic mass is 32.2. The van der Waals surface area contributed by atoms with Gasteiger partial charge < -0.3 is 10.1 Å². The Bertz CT molecular complexity index is 317. The van der Waals surface area contributed by atoms with Crippen molar-refractivity contribution in [3.8, 4) is 0 Å². The largest absolute Gasteiger partial charge is 0.379 e. The molecule has 0 bridgehead atoms. The van der Waals surface area contributed by atoms with Gasteiger partial charge in [-0.25, -0.2) is 9.97 Å². The lowest BCUT2D eigenvalue weighted by Gasteiger charge is -2.08. The molecular formula is C13H23N3OS. The van der Waals surface area contributed by atoms with Crippen molar-refractivity contribution in [3.05, 3.63) is 18.0 Å². The molecule has 0 spiro atoms. The predicted octanol–water partition coefficient (Wildman–Crippen LogP) is 2.49. The average molecular weight is 269 g/mol. The van der Waals surface area contributed by atoms with E-state index in [1.54, 1.807) is 11.8 Å². The Labute approximate surface area is 114 Å². The highest BCUT2D eigenvalue weighted by Crippen LogP contribution is 2.10. The third-order valence-corrected chi connectivity index (χ3v) is 2.99. The lowest BCUT2D eigenvalue weighted by Crippen LogP contribution is -2.17. The number of thioether (sulfide) groups is 1. The summed E-state index contributed by atoms with van der Waals surface area (Å²) in [6.07, 6.45) is 5.13. The van der Waals surface area contributed by atoms with Crippen LogP contribution in [-0.4, -0.2) is 35.0 Å². The van der Waals surface area contributed by atoms with Gasteiger partial charge in [-0.2, -0.15) is 0 Å². The molecule has 0 aliphatic carbocycles. The van der Waals surface area contributed by atoms with Gasteiger partial charge >= 0.3 is 0 Å².